The van der Waals surface area contributed by atoms with E-state index >= 15 is 0 Å². The lowest BCUT2D eigenvalue weighted by atomic mass is 10.3. The van der Waals surface area contributed by atoms with Gasteiger partial charge in [-0.2, -0.15) is 0 Å². The van der Waals surface area contributed by atoms with Gasteiger partial charge in [0.1, 0.15) is 0 Å². The molecular weight excluding hydrogens is 190 g/mol. The maximum atomic E-state index is 5.28. The monoisotopic (exact) mass is 217 g/mol. The van der Waals surface area contributed by atoms with Crippen LogP contribution in [0, 0.1) is 0 Å². The molecule has 0 radical (unpaired) electrons. The van der Waals surface area contributed by atoms with Crippen LogP contribution in [0.15, 0.2) is 0 Å². The quantitative estimate of drug-likeness (QED) is 0.636. The van der Waals surface area contributed by atoms with Gasteiger partial charge in [0.05, 0.1) is 13.2 Å². The zero-order valence-electron chi connectivity index (χ0n) is 10.6. The maximum absolute atomic E-state index is 5.28. The lowest BCUT2D eigenvalue weighted by Crippen LogP contribution is -2.36. The highest BCUT2D eigenvalue weighted by molar-refractivity contribution is 4.61. The number of hydrogen-bond donors (Lipinski definition) is 0. The molecule has 0 aromatic carbocycles. The minimum absolute atomic E-state index is 0.845. The third kappa shape index (κ3) is 8.85. The molecule has 0 N–H and O–H groups in total. The topological polar surface area (TPSA) is 21.7 Å². The lowest BCUT2D eigenvalue weighted by Gasteiger charge is -2.26. The minimum atomic E-state index is 0.845. The Morgan fingerprint density at radius 3 is 2.40 bits per heavy atom. The van der Waals surface area contributed by atoms with Gasteiger partial charge in [0, 0.05) is 26.3 Å². The molecule has 15 heavy (non-hydrogen) atoms. The molecule has 0 amide bonds. The Hall–Kier alpha value is -0.120. The highest BCUT2D eigenvalue weighted by Crippen LogP contribution is 2.00. The van der Waals surface area contributed by atoms with E-state index < -0.39 is 0 Å². The summed E-state index contributed by atoms with van der Waals surface area (Å²) in [6.45, 7) is 13.0. The van der Waals surface area contributed by atoms with E-state index in [4.69, 9.17) is 9.47 Å². The Morgan fingerprint density at radius 2 is 1.80 bits per heavy atom. The SMILES string of the molecule is CC.CCOCCCCN1CCOCC1. The summed E-state index contributed by atoms with van der Waals surface area (Å²) in [7, 11) is 0. The van der Waals surface area contributed by atoms with Gasteiger partial charge >= 0.3 is 0 Å². The van der Waals surface area contributed by atoms with E-state index in [2.05, 4.69) is 4.90 Å². The average Bonchev–Trinajstić information content (AvgIpc) is 2.33. The Labute approximate surface area is 94.7 Å². The van der Waals surface area contributed by atoms with Gasteiger partial charge in [0.15, 0.2) is 0 Å². The first-order chi connectivity index (χ1) is 7.43. The standard InChI is InChI=1S/C10H21NO2.C2H6/c1-2-12-8-4-3-5-11-6-9-13-10-7-11;1-2/h2-10H2,1H3;1-2H3. The predicted molar refractivity (Wildman–Crippen MR) is 64.3 cm³/mol. The van der Waals surface area contributed by atoms with Crippen molar-refractivity contribution in [3.8, 4) is 0 Å². The van der Waals surface area contributed by atoms with Gasteiger partial charge in [0.2, 0.25) is 0 Å². The smallest absolute Gasteiger partial charge is 0.0594 e. The van der Waals surface area contributed by atoms with E-state index in [-0.39, 0.29) is 0 Å². The zero-order chi connectivity index (χ0) is 11.4. The molecule has 1 aliphatic heterocycles. The molecule has 3 heteroatoms. The van der Waals surface area contributed by atoms with Crippen molar-refractivity contribution in [2.75, 3.05) is 46.1 Å². The second-order valence-corrected chi connectivity index (χ2v) is 3.36. The summed E-state index contributed by atoms with van der Waals surface area (Å²) in [5.74, 6) is 0. The van der Waals surface area contributed by atoms with E-state index in [0.717, 1.165) is 39.5 Å². The molecule has 1 fully saturated rings. The number of hydrogen-bond acceptors (Lipinski definition) is 3. The first-order valence-corrected chi connectivity index (χ1v) is 6.31. The summed E-state index contributed by atoms with van der Waals surface area (Å²) < 4.78 is 10.6. The molecule has 1 saturated heterocycles. The molecule has 0 aliphatic carbocycles. The molecule has 0 aromatic rings. The van der Waals surface area contributed by atoms with Gasteiger partial charge in [-0.3, -0.25) is 4.90 Å². The summed E-state index contributed by atoms with van der Waals surface area (Å²) in [5, 5.41) is 0. The van der Waals surface area contributed by atoms with Gasteiger partial charge in [-0.15, -0.1) is 0 Å². The number of unbranched alkanes of at least 4 members (excludes halogenated alkanes) is 1. The van der Waals surface area contributed by atoms with E-state index in [1.165, 1.54) is 19.4 Å². The largest absolute Gasteiger partial charge is 0.382 e. The second kappa shape index (κ2) is 12.0. The van der Waals surface area contributed by atoms with Crippen molar-refractivity contribution >= 4 is 0 Å². The molecule has 1 aliphatic rings. The fourth-order valence-electron chi connectivity index (χ4n) is 1.51. The average molecular weight is 217 g/mol. The van der Waals surface area contributed by atoms with Crippen molar-refractivity contribution in [2.24, 2.45) is 0 Å². The normalized spacial score (nSPS) is 17.0. The molecule has 3 nitrogen and oxygen atoms in total. The molecule has 0 saturated carbocycles. The summed E-state index contributed by atoms with van der Waals surface area (Å²) in [4.78, 5) is 2.47. The van der Waals surface area contributed by atoms with Crippen molar-refractivity contribution in [3.63, 3.8) is 0 Å². The van der Waals surface area contributed by atoms with E-state index in [0.29, 0.717) is 0 Å². The fraction of sp³-hybridized carbons (Fsp3) is 1.00. The summed E-state index contributed by atoms with van der Waals surface area (Å²) in [5.41, 5.74) is 0. The van der Waals surface area contributed by atoms with Crippen LogP contribution in [-0.4, -0.2) is 51.0 Å². The Balaban J connectivity index is 0.000000921. The summed E-state index contributed by atoms with van der Waals surface area (Å²) in [6.07, 6.45) is 2.44. The highest BCUT2D eigenvalue weighted by atomic mass is 16.5. The van der Waals surface area contributed by atoms with Crippen molar-refractivity contribution in [3.05, 3.63) is 0 Å². The Kier molecular flexibility index (Phi) is 11.9. The Bertz CT molecular complexity index is 114. The molecule has 1 heterocycles. The van der Waals surface area contributed by atoms with Crippen LogP contribution in [0.5, 0.6) is 0 Å². The van der Waals surface area contributed by atoms with Crippen LogP contribution in [0.4, 0.5) is 0 Å². The molecule has 0 spiro atoms. The van der Waals surface area contributed by atoms with Crippen LogP contribution in [0.1, 0.15) is 33.6 Å². The van der Waals surface area contributed by atoms with Crippen LogP contribution in [0.3, 0.4) is 0 Å². The first-order valence-electron chi connectivity index (χ1n) is 6.31. The van der Waals surface area contributed by atoms with Crippen molar-refractivity contribution in [2.45, 2.75) is 33.6 Å². The zero-order valence-corrected chi connectivity index (χ0v) is 10.6. The highest BCUT2D eigenvalue weighted by Gasteiger charge is 2.08. The third-order valence-corrected chi connectivity index (χ3v) is 2.32. The molecule has 0 aromatic heterocycles. The van der Waals surface area contributed by atoms with Crippen molar-refractivity contribution in [1.82, 2.24) is 4.90 Å². The van der Waals surface area contributed by atoms with Crippen molar-refractivity contribution < 1.29 is 9.47 Å². The van der Waals surface area contributed by atoms with Crippen LogP contribution in [0.2, 0.25) is 0 Å². The van der Waals surface area contributed by atoms with Gasteiger partial charge in [-0.25, -0.2) is 0 Å². The van der Waals surface area contributed by atoms with Gasteiger partial charge < -0.3 is 9.47 Å². The molecule has 0 atom stereocenters. The molecule has 92 valence electrons. The van der Waals surface area contributed by atoms with Crippen LogP contribution >= 0.6 is 0 Å². The van der Waals surface area contributed by atoms with E-state index in [9.17, 15) is 0 Å². The van der Waals surface area contributed by atoms with Gasteiger partial charge in [0.25, 0.3) is 0 Å². The molecule has 1 rings (SSSR count). The third-order valence-electron chi connectivity index (χ3n) is 2.32. The number of ether oxygens (including phenoxy) is 2. The van der Waals surface area contributed by atoms with Crippen LogP contribution < -0.4 is 0 Å². The first kappa shape index (κ1) is 14.9. The minimum Gasteiger partial charge on any atom is -0.382 e. The van der Waals surface area contributed by atoms with E-state index in [1.807, 2.05) is 20.8 Å². The summed E-state index contributed by atoms with van der Waals surface area (Å²) in [6, 6.07) is 0. The second-order valence-electron chi connectivity index (χ2n) is 3.36. The molecule has 0 bridgehead atoms. The van der Waals surface area contributed by atoms with E-state index in [1.54, 1.807) is 0 Å². The lowest BCUT2D eigenvalue weighted by molar-refractivity contribution is 0.0359. The number of rotatable bonds is 6. The van der Waals surface area contributed by atoms with Crippen molar-refractivity contribution in [1.29, 1.82) is 0 Å². The summed E-state index contributed by atoms with van der Waals surface area (Å²) >= 11 is 0. The number of nitrogens with zero attached hydrogens (tertiary/aromatic N) is 1. The predicted octanol–water partition coefficient (Wildman–Crippen LogP) is 2.16. The number of morpholine rings is 1. The Morgan fingerprint density at radius 1 is 1.13 bits per heavy atom. The maximum Gasteiger partial charge on any atom is 0.0594 e. The van der Waals surface area contributed by atoms with Crippen LogP contribution in [-0.2, 0) is 9.47 Å². The molecular formula is C12H27NO2. The van der Waals surface area contributed by atoms with Gasteiger partial charge in [-0.1, -0.05) is 13.8 Å². The van der Waals surface area contributed by atoms with Crippen LogP contribution in [0.25, 0.3) is 0 Å². The van der Waals surface area contributed by atoms with Gasteiger partial charge in [-0.05, 0) is 26.3 Å². The fourth-order valence-corrected chi connectivity index (χ4v) is 1.51. The molecule has 0 unspecified atom stereocenters.